The molecule has 3 fully saturated rings. The predicted molar refractivity (Wildman–Crippen MR) is 93.0 cm³/mol. The van der Waals surface area contributed by atoms with Gasteiger partial charge in [0.15, 0.2) is 0 Å². The third-order valence-corrected chi connectivity index (χ3v) is 6.01. The van der Waals surface area contributed by atoms with Gasteiger partial charge in [-0.2, -0.15) is 0 Å². The van der Waals surface area contributed by atoms with Crippen molar-refractivity contribution in [2.24, 2.45) is 0 Å². The summed E-state index contributed by atoms with van der Waals surface area (Å²) >= 11 is 0. The number of carbonyl (C=O) groups is 2. The Kier molecular flexibility index (Phi) is 6.64. The first-order chi connectivity index (χ1) is 12.6. The number of amides is 1. The molecule has 0 aromatic heterocycles. The summed E-state index contributed by atoms with van der Waals surface area (Å²) in [7, 11) is 0. The smallest absolute Gasteiger partial charge is 0.548 e. The molecule has 1 aliphatic carbocycles. The summed E-state index contributed by atoms with van der Waals surface area (Å²) in [6.07, 6.45) is 4.43. The summed E-state index contributed by atoms with van der Waals surface area (Å²) < 4.78 is 5.52. The Morgan fingerprint density at radius 3 is 2.26 bits per heavy atom. The van der Waals surface area contributed by atoms with Gasteiger partial charge < -0.3 is 20.0 Å². The van der Waals surface area contributed by atoms with E-state index < -0.39 is 17.6 Å². The fourth-order valence-corrected chi connectivity index (χ4v) is 4.50. The van der Waals surface area contributed by atoms with Gasteiger partial charge in [-0.3, -0.25) is 9.69 Å². The van der Waals surface area contributed by atoms with E-state index in [4.69, 9.17) is 4.74 Å². The third-order valence-electron chi connectivity index (χ3n) is 6.01. The second-order valence-corrected chi connectivity index (χ2v) is 7.66. The molecule has 1 saturated carbocycles. The van der Waals surface area contributed by atoms with Gasteiger partial charge in [0.25, 0.3) is 0 Å². The molecule has 0 bridgehead atoms. The Hall–Kier alpha value is -0.920. The zero-order valence-corrected chi connectivity index (χ0v) is 17.9. The Morgan fingerprint density at radius 2 is 1.67 bits per heavy atom. The number of aliphatic carboxylic acids is 1. The largest absolute Gasteiger partial charge is 1.00 e. The quantitative estimate of drug-likeness (QED) is 0.574. The number of nitrogens with one attached hydrogen (secondary N) is 1. The number of nitrogens with zero attached hydrogens (tertiary/aromatic N) is 1. The molecule has 140 valence electrons. The van der Waals surface area contributed by atoms with Crippen LogP contribution in [-0.2, 0) is 19.9 Å². The number of carbonyl (C=O) groups excluding carboxylic acids is 2. The van der Waals surface area contributed by atoms with E-state index in [1.54, 1.807) is 0 Å². The Labute approximate surface area is 181 Å². The average molecular weight is 380 g/mol. The maximum atomic E-state index is 13.2. The first-order valence-corrected chi connectivity index (χ1v) is 9.54. The van der Waals surface area contributed by atoms with Gasteiger partial charge in [-0.15, -0.1) is 0 Å². The van der Waals surface area contributed by atoms with Crippen LogP contribution in [0.25, 0.3) is 0 Å². The zero-order chi connectivity index (χ0) is 18.1. The van der Waals surface area contributed by atoms with E-state index in [0.29, 0.717) is 26.1 Å². The average Bonchev–Trinajstić information content (AvgIpc) is 3.40. The van der Waals surface area contributed by atoms with Gasteiger partial charge in [0.05, 0.1) is 23.6 Å². The van der Waals surface area contributed by atoms with Crippen molar-refractivity contribution in [3.8, 4) is 0 Å². The van der Waals surface area contributed by atoms with Crippen LogP contribution in [0.15, 0.2) is 30.3 Å². The van der Waals surface area contributed by atoms with E-state index in [2.05, 4.69) is 5.32 Å². The molecular formula is C20H25N2NaO4. The molecule has 3 aliphatic rings. The predicted octanol–water partition coefficient (Wildman–Crippen LogP) is -2.44. The molecular weight excluding hydrogens is 355 g/mol. The van der Waals surface area contributed by atoms with Gasteiger partial charge >= 0.3 is 29.6 Å². The van der Waals surface area contributed by atoms with Gasteiger partial charge in [-0.25, -0.2) is 0 Å². The Morgan fingerprint density at radius 1 is 1.04 bits per heavy atom. The van der Waals surface area contributed by atoms with Crippen LogP contribution in [0.3, 0.4) is 0 Å². The molecule has 0 radical (unpaired) electrons. The molecule has 2 atom stereocenters. The van der Waals surface area contributed by atoms with Crippen LogP contribution < -0.4 is 40.0 Å². The van der Waals surface area contributed by atoms with Crippen LogP contribution in [0.1, 0.15) is 44.1 Å². The third kappa shape index (κ3) is 4.25. The van der Waals surface area contributed by atoms with Crippen LogP contribution in [0.5, 0.6) is 0 Å². The summed E-state index contributed by atoms with van der Waals surface area (Å²) in [4.78, 5) is 26.6. The fraction of sp³-hybridized carbons (Fsp3) is 0.600. The number of carboxylic acids is 1. The monoisotopic (exact) mass is 380 g/mol. The van der Waals surface area contributed by atoms with Crippen molar-refractivity contribution in [3.05, 3.63) is 35.9 Å². The summed E-state index contributed by atoms with van der Waals surface area (Å²) in [5.74, 6) is -1.12. The molecule has 2 unspecified atom stereocenters. The SMILES string of the molecule is O=C([O-])C1CCC(C(=O)NC2(c3ccccc3)CCOCC2)N1C1CC1.[Na+]. The van der Waals surface area contributed by atoms with Gasteiger partial charge in [-0.05, 0) is 44.1 Å². The molecule has 6 nitrogen and oxygen atoms in total. The minimum atomic E-state index is -1.06. The topological polar surface area (TPSA) is 81.7 Å². The number of likely N-dealkylation sites (tertiary alicyclic amines) is 1. The summed E-state index contributed by atoms with van der Waals surface area (Å²) in [6, 6.07) is 9.21. The molecule has 4 rings (SSSR count). The minimum absolute atomic E-state index is 0. The zero-order valence-electron chi connectivity index (χ0n) is 15.9. The van der Waals surface area contributed by atoms with Crippen molar-refractivity contribution in [1.82, 2.24) is 10.2 Å². The molecule has 7 heteroatoms. The van der Waals surface area contributed by atoms with Crippen molar-refractivity contribution in [2.45, 2.75) is 62.2 Å². The van der Waals surface area contributed by atoms with Crippen LogP contribution >= 0.6 is 0 Å². The summed E-state index contributed by atoms with van der Waals surface area (Å²) in [5, 5.41) is 14.8. The summed E-state index contributed by atoms with van der Waals surface area (Å²) in [5.41, 5.74) is 0.648. The molecule has 27 heavy (non-hydrogen) atoms. The van der Waals surface area contributed by atoms with Crippen molar-refractivity contribution in [3.63, 3.8) is 0 Å². The second-order valence-electron chi connectivity index (χ2n) is 7.66. The Bertz CT molecular complexity index is 674. The van der Waals surface area contributed by atoms with Gasteiger partial charge in [0.2, 0.25) is 5.91 Å². The maximum absolute atomic E-state index is 13.2. The first-order valence-electron chi connectivity index (χ1n) is 9.54. The molecule has 1 amide bonds. The fourth-order valence-electron chi connectivity index (χ4n) is 4.50. The molecule has 1 aromatic rings. The van der Waals surface area contributed by atoms with Gasteiger partial charge in [-0.1, -0.05) is 30.3 Å². The minimum Gasteiger partial charge on any atom is -0.548 e. The van der Waals surface area contributed by atoms with E-state index in [1.807, 2.05) is 35.2 Å². The van der Waals surface area contributed by atoms with Crippen LogP contribution in [-0.4, -0.2) is 48.1 Å². The number of carboxylic acid groups (broad SMARTS) is 1. The standard InChI is InChI=1S/C20H26N2O4.Na/c23-18(16-8-9-17(19(24)25)22(16)15-6-7-15)21-20(10-12-26-13-11-20)14-4-2-1-3-5-14;/h1-5,15-17H,6-13H2,(H,21,23)(H,24,25);/q;+1/p-1. The van der Waals surface area contributed by atoms with E-state index in [-0.39, 0.29) is 47.5 Å². The van der Waals surface area contributed by atoms with Gasteiger partial charge in [0.1, 0.15) is 0 Å². The molecule has 2 aliphatic heterocycles. The van der Waals surface area contributed by atoms with Crippen LogP contribution in [0.4, 0.5) is 0 Å². The normalized spacial score (nSPS) is 27.6. The van der Waals surface area contributed by atoms with Crippen molar-refractivity contribution in [2.75, 3.05) is 13.2 Å². The number of ether oxygens (including phenoxy) is 1. The van der Waals surface area contributed by atoms with Crippen molar-refractivity contribution < 1.29 is 49.0 Å². The summed E-state index contributed by atoms with van der Waals surface area (Å²) in [6.45, 7) is 1.21. The van der Waals surface area contributed by atoms with Crippen LogP contribution in [0, 0.1) is 0 Å². The Balaban J connectivity index is 0.00000210. The molecule has 0 spiro atoms. The number of hydrogen-bond acceptors (Lipinski definition) is 5. The van der Waals surface area contributed by atoms with E-state index >= 15 is 0 Å². The molecule has 1 N–H and O–H groups in total. The van der Waals surface area contributed by atoms with E-state index in [1.165, 1.54) is 0 Å². The van der Waals surface area contributed by atoms with Crippen LogP contribution in [0.2, 0.25) is 0 Å². The first kappa shape index (κ1) is 20.8. The maximum Gasteiger partial charge on any atom is 1.00 e. The van der Waals surface area contributed by atoms with Gasteiger partial charge in [0, 0.05) is 19.3 Å². The molecule has 1 aromatic carbocycles. The van der Waals surface area contributed by atoms with Crippen molar-refractivity contribution >= 4 is 11.9 Å². The van der Waals surface area contributed by atoms with Crippen molar-refractivity contribution in [1.29, 1.82) is 0 Å². The second kappa shape index (κ2) is 8.62. The number of hydrogen-bond donors (Lipinski definition) is 1. The molecule has 2 saturated heterocycles. The van der Waals surface area contributed by atoms with E-state index in [9.17, 15) is 14.7 Å². The van der Waals surface area contributed by atoms with E-state index in [0.717, 1.165) is 31.2 Å². The number of benzene rings is 1. The number of rotatable bonds is 5. The molecule has 2 heterocycles.